The summed E-state index contributed by atoms with van der Waals surface area (Å²) in [7, 11) is -1.78. The fourth-order valence-corrected chi connectivity index (χ4v) is 9.95. The van der Waals surface area contributed by atoms with Gasteiger partial charge in [-0.1, -0.05) is 324 Å². The van der Waals surface area contributed by atoms with E-state index in [4.69, 9.17) is 29.6 Å². The van der Waals surface area contributed by atoms with E-state index in [0.29, 0.717) is 17.9 Å². The Morgan fingerprint density at radius 3 is 1.08 bits per heavy atom. The normalized spacial score (nSPS) is 10.0. The molecule has 2 unspecified atom stereocenters. The molecular formula is C98H158N2O8S. The number of phenols is 1. The van der Waals surface area contributed by atoms with Crippen molar-refractivity contribution in [3.63, 3.8) is 0 Å². The summed E-state index contributed by atoms with van der Waals surface area (Å²) in [6, 6.07) is 55.7. The highest BCUT2D eigenvalue weighted by molar-refractivity contribution is 7.90. The fraction of sp³-hybridized carbons (Fsp3) is 0.469. The minimum atomic E-state index is -3.40. The number of hydrogen-bond donors (Lipinski definition) is 1. The fourth-order valence-electron chi connectivity index (χ4n) is 9.04. The molecule has 0 saturated carbocycles. The zero-order chi connectivity index (χ0) is 86.1. The SMILES string of the molecule is CC.CC.CC.CC.CC.CC.CC.CC.CC.CCC.CCC.CCC.CCOC(C)Oc1ccccc1.COC(C)Oc1ccccc1.CS(=O)(=O)c1cccc2c1C=CC(=[N+]=[N-])C2=O.Cc1ccc(C)c(Cc2cc(Cc3cc(C)c(C)c(Cc4cc(C)ccc4C)c3)cc(C)c2C)c1.Oc1ccccc1. The van der Waals surface area contributed by atoms with Crippen molar-refractivity contribution in [2.24, 2.45) is 0 Å². The highest BCUT2D eigenvalue weighted by Gasteiger charge is 2.29. The molecule has 2 atom stereocenters. The summed E-state index contributed by atoms with van der Waals surface area (Å²) in [6.45, 7) is 73.0. The van der Waals surface area contributed by atoms with Crippen LogP contribution in [0.25, 0.3) is 11.6 Å². The van der Waals surface area contributed by atoms with Crippen LogP contribution in [-0.4, -0.2) is 62.4 Å². The van der Waals surface area contributed by atoms with Gasteiger partial charge in [-0.2, -0.15) is 4.79 Å². The number of nitrogens with zero attached hydrogens (tertiary/aromatic N) is 2. The minimum Gasteiger partial charge on any atom is -0.508 e. The molecule has 0 bridgehead atoms. The molecule has 1 aliphatic rings. The molecular weight excluding hydrogens is 1370 g/mol. The van der Waals surface area contributed by atoms with Crippen LogP contribution in [0, 0.1) is 55.4 Å². The molecule has 614 valence electrons. The number of carbonyl (C=O) groups excluding carboxylic acids is 1. The predicted molar refractivity (Wildman–Crippen MR) is 483 cm³/mol. The number of aryl methyl sites for hydroxylation is 6. The number of sulfone groups is 1. The lowest BCUT2D eigenvalue weighted by Crippen LogP contribution is -2.19. The molecule has 9 rings (SSSR count). The van der Waals surface area contributed by atoms with Gasteiger partial charge < -0.3 is 29.6 Å². The molecule has 0 fully saturated rings. The van der Waals surface area contributed by atoms with Crippen molar-refractivity contribution >= 4 is 27.4 Å². The first-order valence-corrected chi connectivity index (χ1v) is 42.6. The minimum absolute atomic E-state index is 0.0941. The van der Waals surface area contributed by atoms with Crippen LogP contribution in [0.15, 0.2) is 181 Å². The molecule has 0 amide bonds. The van der Waals surface area contributed by atoms with E-state index < -0.39 is 15.6 Å². The molecule has 8 aromatic rings. The first-order valence-electron chi connectivity index (χ1n) is 40.7. The van der Waals surface area contributed by atoms with Gasteiger partial charge >= 0.3 is 5.71 Å². The second-order valence-corrected chi connectivity index (χ2v) is 24.6. The van der Waals surface area contributed by atoms with Gasteiger partial charge in [0.25, 0.3) is 5.78 Å². The molecule has 0 heterocycles. The standard InChI is InChI=1S/C35H40.C11H8N2O3S.C10H14O2.C9H12O2.C6H6O.3C3H8.9C2H6/c1-22-9-11-24(3)32(13-22)20-34-18-30(15-26(5)28(34)7)17-31-16-27(6)29(8)35(19-31)21-33-14-23(2)10-12-25(33)4;1-17(15,16)10-4-2-3-8-7(10)5-6-9(13-12)11(8)14;1-3-11-9(2)12-10-7-5-4-6-8-10;1-8(10-2)11-9-6-4-3-5-7-9;7-6-4-2-1-3-5-6;3*1-3-2;9*1-2/h9-16,18-19H,17,20-21H2,1-8H3;2-6H,1H3;4-9H,3H2,1-2H3;3-8H,1-2H3;1-5,7H;3*3H2,1-2H3;9*1-2H3. The molecule has 10 nitrogen and oxygen atoms in total. The van der Waals surface area contributed by atoms with E-state index in [-0.39, 0.29) is 28.8 Å². The van der Waals surface area contributed by atoms with Crippen LogP contribution in [0.3, 0.4) is 0 Å². The number of Topliss-reactive ketones (excluding diaryl/α,β-unsaturated/α-hetero) is 1. The summed E-state index contributed by atoms with van der Waals surface area (Å²) in [5.74, 6) is 1.51. The van der Waals surface area contributed by atoms with Crippen LogP contribution in [0.1, 0.15) is 300 Å². The Balaban J connectivity index is -0.000000194. The van der Waals surface area contributed by atoms with Crippen molar-refractivity contribution in [1.29, 1.82) is 0 Å². The molecule has 0 saturated heterocycles. The quantitative estimate of drug-likeness (QED) is 0.0644. The van der Waals surface area contributed by atoms with E-state index >= 15 is 0 Å². The second kappa shape index (κ2) is 78.0. The Morgan fingerprint density at radius 1 is 0.422 bits per heavy atom. The van der Waals surface area contributed by atoms with Crippen molar-refractivity contribution in [1.82, 2.24) is 0 Å². The predicted octanol–water partition coefficient (Wildman–Crippen LogP) is 29.3. The number of fused-ring (bicyclic) bond motifs is 1. The van der Waals surface area contributed by atoms with Gasteiger partial charge in [0, 0.05) is 37.2 Å². The average Bonchev–Trinajstić information content (AvgIpc) is 0.785. The van der Waals surface area contributed by atoms with Gasteiger partial charge in [0.1, 0.15) is 17.2 Å². The number of methoxy groups -OCH3 is 1. The maximum Gasteiger partial charge on any atom is 0.362 e. The maximum atomic E-state index is 11.8. The number of carbonyl (C=O) groups is 1. The highest BCUT2D eigenvalue weighted by Crippen LogP contribution is 2.28. The van der Waals surface area contributed by atoms with Crippen LogP contribution < -0.4 is 9.47 Å². The first-order chi connectivity index (χ1) is 52.3. The monoisotopic (exact) mass is 1520 g/mol. The van der Waals surface area contributed by atoms with Gasteiger partial charge in [-0.3, -0.25) is 4.79 Å². The number of hydrogen-bond acceptors (Lipinski definition) is 8. The molecule has 0 aliphatic heterocycles. The molecule has 109 heavy (non-hydrogen) atoms. The third-order valence-corrected chi connectivity index (χ3v) is 15.0. The van der Waals surface area contributed by atoms with Crippen LogP contribution in [0.4, 0.5) is 0 Å². The highest BCUT2D eigenvalue weighted by atomic mass is 32.2. The summed E-state index contributed by atoms with van der Waals surface area (Å²) >= 11 is 0. The Kier molecular flexibility index (Phi) is 83.4. The van der Waals surface area contributed by atoms with Crippen molar-refractivity contribution in [2.45, 2.75) is 298 Å². The van der Waals surface area contributed by atoms with E-state index in [0.717, 1.165) is 37.0 Å². The molecule has 1 aliphatic carbocycles. The van der Waals surface area contributed by atoms with Crippen LogP contribution in [0.2, 0.25) is 0 Å². The third kappa shape index (κ3) is 53.3. The molecule has 0 radical (unpaired) electrons. The van der Waals surface area contributed by atoms with Gasteiger partial charge in [-0.25, -0.2) is 8.42 Å². The van der Waals surface area contributed by atoms with E-state index in [2.05, 4.69) is 162 Å². The summed E-state index contributed by atoms with van der Waals surface area (Å²) in [4.78, 5) is 14.7. The zero-order valence-electron chi connectivity index (χ0n) is 76.0. The smallest absolute Gasteiger partial charge is 0.362 e. The van der Waals surface area contributed by atoms with Gasteiger partial charge in [0.2, 0.25) is 0 Å². The first kappa shape index (κ1) is 117. The number of allylic oxidation sites excluding steroid dienone is 1. The Hall–Kier alpha value is -8.18. The number of phenolic OH excluding ortho intramolecular Hbond substituents is 1. The lowest BCUT2D eigenvalue weighted by molar-refractivity contribution is -0.0613. The maximum absolute atomic E-state index is 11.8. The van der Waals surface area contributed by atoms with Gasteiger partial charge in [0.05, 0.1) is 4.90 Å². The van der Waals surface area contributed by atoms with E-state index in [1.165, 1.54) is 128 Å². The molecule has 0 aromatic heterocycles. The van der Waals surface area contributed by atoms with Gasteiger partial charge in [0.15, 0.2) is 22.4 Å². The number of rotatable bonds is 14. The number of aromatic hydroxyl groups is 1. The van der Waals surface area contributed by atoms with E-state index in [1.807, 2.05) is 212 Å². The van der Waals surface area contributed by atoms with Crippen molar-refractivity contribution in [3.8, 4) is 17.2 Å². The molecule has 1 N–H and O–H groups in total. The van der Waals surface area contributed by atoms with Crippen molar-refractivity contribution in [3.05, 3.63) is 270 Å². The largest absolute Gasteiger partial charge is 0.508 e. The summed E-state index contributed by atoms with van der Waals surface area (Å²) in [5.41, 5.74) is 28.7. The number of ketones is 1. The second-order valence-electron chi connectivity index (χ2n) is 22.6. The Labute approximate surface area is 671 Å². The molecule has 0 spiro atoms. The Morgan fingerprint density at radius 2 is 0.771 bits per heavy atom. The van der Waals surface area contributed by atoms with Gasteiger partial charge in [-0.15, -0.1) is 0 Å². The summed E-state index contributed by atoms with van der Waals surface area (Å²) < 4.78 is 44.0. The average molecular weight is 1520 g/mol. The van der Waals surface area contributed by atoms with Crippen molar-refractivity contribution < 1.29 is 42.1 Å². The zero-order valence-corrected chi connectivity index (χ0v) is 76.8. The molecule has 8 aromatic carbocycles. The summed E-state index contributed by atoms with van der Waals surface area (Å²) in [5, 5.41) is 8.63. The molecule has 11 heteroatoms. The van der Waals surface area contributed by atoms with E-state index in [9.17, 15) is 13.2 Å². The van der Waals surface area contributed by atoms with Crippen LogP contribution >= 0.6 is 0 Å². The van der Waals surface area contributed by atoms with Gasteiger partial charge in [-0.05, 0) is 211 Å². The topological polar surface area (TPSA) is 145 Å². The Bertz CT molecular complexity index is 3520. The number of benzene rings is 8. The van der Waals surface area contributed by atoms with Crippen LogP contribution in [-0.2, 0) is 38.6 Å². The van der Waals surface area contributed by atoms with Crippen LogP contribution in [0.5, 0.6) is 17.2 Å². The third-order valence-electron chi connectivity index (χ3n) is 13.9. The van der Waals surface area contributed by atoms with Crippen molar-refractivity contribution in [2.75, 3.05) is 20.0 Å². The van der Waals surface area contributed by atoms with E-state index in [1.54, 1.807) is 31.4 Å². The number of ether oxygens (including phenoxy) is 4. The lowest BCUT2D eigenvalue weighted by atomic mass is 9.88. The lowest BCUT2D eigenvalue weighted by Gasteiger charge is -2.17. The number of para-hydroxylation sites is 3. The summed E-state index contributed by atoms with van der Waals surface area (Å²) in [6.07, 6.45) is 10.2.